The number of halogens is 1. The predicted molar refractivity (Wildman–Crippen MR) is 83.1 cm³/mol. The number of carbonyl (C=O) groups excluding carboxylic acids is 1. The van der Waals surface area contributed by atoms with Crippen LogP contribution < -0.4 is 5.32 Å². The van der Waals surface area contributed by atoms with E-state index in [-0.39, 0.29) is 17.8 Å². The van der Waals surface area contributed by atoms with Gasteiger partial charge in [0, 0.05) is 6.08 Å². The van der Waals surface area contributed by atoms with Crippen LogP contribution in [0.5, 0.6) is 0 Å². The molecule has 0 fully saturated rings. The Morgan fingerprint density at radius 2 is 1.81 bits per heavy atom. The molecule has 21 heavy (non-hydrogen) atoms. The zero-order valence-electron chi connectivity index (χ0n) is 11.9. The summed E-state index contributed by atoms with van der Waals surface area (Å²) in [7, 11) is 0. The lowest BCUT2D eigenvalue weighted by atomic mass is 10.0. The Morgan fingerprint density at radius 3 is 2.43 bits per heavy atom. The van der Waals surface area contributed by atoms with E-state index < -0.39 is 0 Å². The van der Waals surface area contributed by atoms with Crippen molar-refractivity contribution in [1.29, 1.82) is 0 Å². The zero-order valence-corrected chi connectivity index (χ0v) is 11.9. The van der Waals surface area contributed by atoms with Crippen molar-refractivity contribution in [2.45, 2.75) is 19.4 Å². The maximum atomic E-state index is 12.8. The minimum atomic E-state index is -0.285. The fraction of sp³-hybridized carbons (Fsp3) is 0.167. The molecule has 0 aliphatic heterocycles. The molecule has 0 bridgehead atoms. The molecule has 0 radical (unpaired) electrons. The summed E-state index contributed by atoms with van der Waals surface area (Å²) >= 11 is 0. The second-order valence-electron chi connectivity index (χ2n) is 4.76. The van der Waals surface area contributed by atoms with Crippen molar-refractivity contribution in [3.8, 4) is 0 Å². The van der Waals surface area contributed by atoms with Gasteiger partial charge in [0.05, 0.1) is 6.04 Å². The molecule has 0 aromatic heterocycles. The Labute approximate surface area is 124 Å². The molecular weight excluding hydrogens is 265 g/mol. The normalized spacial score (nSPS) is 12.3. The lowest BCUT2D eigenvalue weighted by Gasteiger charge is -2.16. The highest BCUT2D eigenvalue weighted by Crippen LogP contribution is 2.15. The number of benzene rings is 2. The molecule has 0 spiro atoms. The number of carbonyl (C=O) groups is 1. The van der Waals surface area contributed by atoms with Gasteiger partial charge in [-0.25, -0.2) is 4.39 Å². The van der Waals surface area contributed by atoms with E-state index in [1.165, 1.54) is 18.2 Å². The van der Waals surface area contributed by atoms with Crippen LogP contribution in [0, 0.1) is 5.82 Å². The Morgan fingerprint density at radius 1 is 1.14 bits per heavy atom. The molecule has 0 saturated carbocycles. The Kier molecular flexibility index (Phi) is 5.27. The monoisotopic (exact) mass is 283 g/mol. The van der Waals surface area contributed by atoms with Gasteiger partial charge in [0.1, 0.15) is 5.82 Å². The van der Waals surface area contributed by atoms with Gasteiger partial charge < -0.3 is 5.32 Å². The SMILES string of the molecule is CC[C@H](NC(=O)/C=C/c1ccc(F)cc1)c1ccccc1. The van der Waals surface area contributed by atoms with Crippen molar-refractivity contribution in [2.24, 2.45) is 0 Å². The van der Waals surface area contributed by atoms with Crippen molar-refractivity contribution in [1.82, 2.24) is 5.32 Å². The summed E-state index contributed by atoms with van der Waals surface area (Å²) < 4.78 is 12.8. The molecule has 0 aliphatic rings. The molecule has 0 unspecified atom stereocenters. The molecule has 1 N–H and O–H groups in total. The van der Waals surface area contributed by atoms with E-state index in [2.05, 4.69) is 5.32 Å². The van der Waals surface area contributed by atoms with Crippen LogP contribution >= 0.6 is 0 Å². The minimum absolute atomic E-state index is 0.00318. The van der Waals surface area contributed by atoms with Crippen LogP contribution in [0.4, 0.5) is 4.39 Å². The summed E-state index contributed by atoms with van der Waals surface area (Å²) in [4.78, 5) is 12.0. The highest BCUT2D eigenvalue weighted by atomic mass is 19.1. The molecule has 2 aromatic carbocycles. The molecule has 1 atom stereocenters. The van der Waals surface area contributed by atoms with E-state index in [0.717, 1.165) is 17.5 Å². The van der Waals surface area contributed by atoms with Crippen LogP contribution in [0.25, 0.3) is 6.08 Å². The molecule has 2 aromatic rings. The minimum Gasteiger partial charge on any atom is -0.346 e. The number of hydrogen-bond acceptors (Lipinski definition) is 1. The first-order valence-electron chi connectivity index (χ1n) is 6.98. The van der Waals surface area contributed by atoms with Gasteiger partial charge in [-0.3, -0.25) is 4.79 Å². The molecule has 2 nitrogen and oxygen atoms in total. The van der Waals surface area contributed by atoms with Crippen LogP contribution in [0.2, 0.25) is 0 Å². The molecule has 1 amide bonds. The van der Waals surface area contributed by atoms with Gasteiger partial charge in [-0.2, -0.15) is 0 Å². The van der Waals surface area contributed by atoms with Gasteiger partial charge in [0.2, 0.25) is 5.91 Å². The predicted octanol–water partition coefficient (Wildman–Crippen LogP) is 4.11. The van der Waals surface area contributed by atoms with Crippen LogP contribution in [0.1, 0.15) is 30.5 Å². The standard InChI is InChI=1S/C18H18FNO/c1-2-17(15-6-4-3-5-7-15)20-18(21)13-10-14-8-11-16(19)12-9-14/h3-13,17H,2H2,1H3,(H,20,21)/b13-10+/t17-/m0/s1. The Hall–Kier alpha value is -2.42. The zero-order chi connectivity index (χ0) is 15.1. The maximum absolute atomic E-state index is 12.8. The Bertz CT molecular complexity index is 605. The van der Waals surface area contributed by atoms with Crippen LogP contribution in [-0.4, -0.2) is 5.91 Å². The first-order valence-corrected chi connectivity index (χ1v) is 6.98. The van der Waals surface area contributed by atoms with E-state index in [0.29, 0.717) is 0 Å². The molecule has 108 valence electrons. The fourth-order valence-corrected chi connectivity index (χ4v) is 2.07. The van der Waals surface area contributed by atoms with Crippen LogP contribution in [-0.2, 0) is 4.79 Å². The van der Waals surface area contributed by atoms with Crippen molar-refractivity contribution in [3.05, 3.63) is 77.6 Å². The molecule has 0 aliphatic carbocycles. The van der Waals surface area contributed by atoms with Crippen LogP contribution in [0.15, 0.2) is 60.7 Å². The van der Waals surface area contributed by atoms with E-state index >= 15 is 0 Å². The van der Waals surface area contributed by atoms with Gasteiger partial charge in [-0.1, -0.05) is 49.4 Å². The summed E-state index contributed by atoms with van der Waals surface area (Å²) in [6, 6.07) is 15.9. The average Bonchev–Trinajstić information content (AvgIpc) is 2.53. The smallest absolute Gasteiger partial charge is 0.244 e. The largest absolute Gasteiger partial charge is 0.346 e. The highest BCUT2D eigenvalue weighted by molar-refractivity contribution is 5.91. The summed E-state index contributed by atoms with van der Waals surface area (Å²) in [6.45, 7) is 2.03. The summed E-state index contributed by atoms with van der Waals surface area (Å²) in [5.74, 6) is -0.443. The third-order valence-electron chi connectivity index (χ3n) is 3.22. The van der Waals surface area contributed by atoms with E-state index in [1.54, 1.807) is 18.2 Å². The topological polar surface area (TPSA) is 29.1 Å². The number of rotatable bonds is 5. The molecule has 2 rings (SSSR count). The van der Waals surface area contributed by atoms with Gasteiger partial charge in [-0.15, -0.1) is 0 Å². The van der Waals surface area contributed by atoms with Crippen LogP contribution in [0.3, 0.4) is 0 Å². The lowest BCUT2D eigenvalue weighted by molar-refractivity contribution is -0.117. The number of amides is 1. The van der Waals surface area contributed by atoms with Crippen molar-refractivity contribution >= 4 is 12.0 Å². The third kappa shape index (κ3) is 4.56. The number of nitrogens with one attached hydrogen (secondary N) is 1. The third-order valence-corrected chi connectivity index (χ3v) is 3.22. The molecule has 3 heteroatoms. The average molecular weight is 283 g/mol. The second kappa shape index (κ2) is 7.39. The molecule has 0 heterocycles. The first-order chi connectivity index (χ1) is 10.2. The fourth-order valence-electron chi connectivity index (χ4n) is 2.07. The summed E-state index contributed by atoms with van der Waals surface area (Å²) in [5.41, 5.74) is 1.88. The van der Waals surface area contributed by atoms with Gasteiger partial charge in [-0.05, 0) is 35.8 Å². The van der Waals surface area contributed by atoms with E-state index in [9.17, 15) is 9.18 Å². The number of hydrogen-bond donors (Lipinski definition) is 1. The maximum Gasteiger partial charge on any atom is 0.244 e. The second-order valence-corrected chi connectivity index (χ2v) is 4.76. The first kappa shape index (κ1) is 15.0. The van der Waals surface area contributed by atoms with Gasteiger partial charge in [0.15, 0.2) is 0 Å². The van der Waals surface area contributed by atoms with Crippen molar-refractivity contribution < 1.29 is 9.18 Å². The Balaban J connectivity index is 1.98. The molecule has 0 saturated heterocycles. The quantitative estimate of drug-likeness (QED) is 0.822. The van der Waals surface area contributed by atoms with Gasteiger partial charge in [0.25, 0.3) is 0 Å². The summed E-state index contributed by atoms with van der Waals surface area (Å²) in [5, 5.41) is 2.96. The highest BCUT2D eigenvalue weighted by Gasteiger charge is 2.10. The van der Waals surface area contributed by atoms with Gasteiger partial charge >= 0.3 is 0 Å². The van der Waals surface area contributed by atoms with E-state index in [4.69, 9.17) is 0 Å². The van der Waals surface area contributed by atoms with Crippen molar-refractivity contribution in [2.75, 3.05) is 0 Å². The summed E-state index contributed by atoms with van der Waals surface area (Å²) in [6.07, 6.45) is 3.96. The van der Waals surface area contributed by atoms with E-state index in [1.807, 2.05) is 37.3 Å². The molecular formula is C18H18FNO. The lowest BCUT2D eigenvalue weighted by Crippen LogP contribution is -2.26. The van der Waals surface area contributed by atoms with Crippen molar-refractivity contribution in [3.63, 3.8) is 0 Å².